The average molecular weight is 248 g/mol. The van der Waals surface area contributed by atoms with E-state index in [9.17, 15) is 0 Å². The molecular weight excluding hydrogens is 228 g/mol. The van der Waals surface area contributed by atoms with Gasteiger partial charge in [0.05, 0.1) is 12.1 Å². The quantitative estimate of drug-likeness (QED) is 0.827. The lowest BCUT2D eigenvalue weighted by Crippen LogP contribution is -2.60. The van der Waals surface area contributed by atoms with Crippen molar-refractivity contribution in [3.63, 3.8) is 0 Å². The molecule has 3 atom stereocenters. The molecule has 1 fully saturated rings. The molecule has 5 heteroatoms. The Morgan fingerprint density at radius 2 is 2.33 bits per heavy atom. The van der Waals surface area contributed by atoms with Crippen molar-refractivity contribution in [2.45, 2.75) is 50.8 Å². The van der Waals surface area contributed by atoms with E-state index in [2.05, 4.69) is 15.3 Å². The summed E-state index contributed by atoms with van der Waals surface area (Å²) >= 11 is 0. The van der Waals surface area contributed by atoms with Crippen LogP contribution >= 0.6 is 0 Å². The highest BCUT2D eigenvalue weighted by Gasteiger charge is 2.40. The summed E-state index contributed by atoms with van der Waals surface area (Å²) < 4.78 is 5.67. The minimum absolute atomic E-state index is 0.161. The molecule has 2 aliphatic carbocycles. The van der Waals surface area contributed by atoms with E-state index in [0.717, 1.165) is 31.7 Å². The van der Waals surface area contributed by atoms with E-state index in [-0.39, 0.29) is 18.2 Å². The van der Waals surface area contributed by atoms with Gasteiger partial charge in [-0.25, -0.2) is 9.97 Å². The van der Waals surface area contributed by atoms with Crippen molar-refractivity contribution in [3.05, 3.63) is 17.6 Å². The third-order valence-electron chi connectivity index (χ3n) is 3.93. The van der Waals surface area contributed by atoms with Gasteiger partial charge in [-0.15, -0.1) is 0 Å². The van der Waals surface area contributed by atoms with E-state index in [1.165, 1.54) is 17.7 Å². The maximum Gasteiger partial charge on any atom is 0.133 e. The van der Waals surface area contributed by atoms with Crippen LogP contribution in [0.25, 0.3) is 0 Å². The molecular formula is C13H20N4O. The van der Waals surface area contributed by atoms with Crippen molar-refractivity contribution in [1.82, 2.24) is 9.97 Å². The van der Waals surface area contributed by atoms with Crippen molar-refractivity contribution >= 4 is 5.82 Å². The first kappa shape index (κ1) is 11.9. The Kier molecular flexibility index (Phi) is 3.18. The van der Waals surface area contributed by atoms with Crippen molar-refractivity contribution in [1.29, 1.82) is 0 Å². The molecule has 2 aliphatic rings. The minimum Gasteiger partial charge on any atom is -0.376 e. The highest BCUT2D eigenvalue weighted by Crippen LogP contribution is 2.30. The molecule has 3 rings (SSSR count). The van der Waals surface area contributed by atoms with Crippen LogP contribution in [0, 0.1) is 0 Å². The van der Waals surface area contributed by atoms with E-state index < -0.39 is 0 Å². The number of aromatic nitrogens is 2. The normalized spacial score (nSPS) is 29.8. The number of aryl methyl sites for hydroxylation is 1. The number of rotatable bonds is 4. The summed E-state index contributed by atoms with van der Waals surface area (Å²) in [4.78, 5) is 8.70. The predicted octanol–water partition coefficient (Wildman–Crippen LogP) is 0.882. The molecule has 1 aromatic heterocycles. The number of hydrogen-bond donors (Lipinski definition) is 2. The van der Waals surface area contributed by atoms with Gasteiger partial charge in [-0.05, 0) is 32.6 Å². The van der Waals surface area contributed by atoms with Crippen molar-refractivity contribution in [3.8, 4) is 0 Å². The average Bonchev–Trinajstić information content (AvgIpc) is 2.84. The zero-order valence-corrected chi connectivity index (χ0v) is 10.7. The molecule has 0 radical (unpaired) electrons. The number of hydrogen-bond acceptors (Lipinski definition) is 5. The molecule has 0 amide bonds. The van der Waals surface area contributed by atoms with E-state index in [1.807, 2.05) is 6.92 Å². The summed E-state index contributed by atoms with van der Waals surface area (Å²) in [6.07, 6.45) is 6.11. The van der Waals surface area contributed by atoms with E-state index in [0.29, 0.717) is 0 Å². The topological polar surface area (TPSA) is 73.1 Å². The Morgan fingerprint density at radius 1 is 1.44 bits per heavy atom. The van der Waals surface area contributed by atoms with Gasteiger partial charge in [0.15, 0.2) is 0 Å². The SMILES string of the molecule is CCOC1CC(N)C1Nc1ncnc2c1CCC2. The summed E-state index contributed by atoms with van der Waals surface area (Å²) in [5.41, 5.74) is 8.51. The van der Waals surface area contributed by atoms with Gasteiger partial charge in [-0.1, -0.05) is 0 Å². The van der Waals surface area contributed by atoms with Gasteiger partial charge in [0.1, 0.15) is 12.1 Å². The number of nitrogens with zero attached hydrogens (tertiary/aromatic N) is 2. The second-order valence-electron chi connectivity index (χ2n) is 5.06. The molecule has 5 nitrogen and oxygen atoms in total. The van der Waals surface area contributed by atoms with E-state index in [1.54, 1.807) is 6.33 Å². The lowest BCUT2D eigenvalue weighted by atomic mass is 9.83. The Balaban J connectivity index is 1.74. The van der Waals surface area contributed by atoms with Crippen LogP contribution in [0.4, 0.5) is 5.82 Å². The van der Waals surface area contributed by atoms with Gasteiger partial charge in [-0.2, -0.15) is 0 Å². The van der Waals surface area contributed by atoms with Crippen LogP contribution in [0.1, 0.15) is 31.0 Å². The molecule has 0 bridgehead atoms. The van der Waals surface area contributed by atoms with Crippen LogP contribution < -0.4 is 11.1 Å². The fourth-order valence-electron chi connectivity index (χ4n) is 2.87. The molecule has 0 saturated heterocycles. The number of ether oxygens (including phenoxy) is 1. The summed E-state index contributed by atoms with van der Waals surface area (Å²) in [6, 6.07) is 0.345. The molecule has 1 aromatic rings. The van der Waals surface area contributed by atoms with Gasteiger partial charge < -0.3 is 15.8 Å². The van der Waals surface area contributed by atoms with Crippen LogP contribution in [0.2, 0.25) is 0 Å². The summed E-state index contributed by atoms with van der Waals surface area (Å²) in [6.45, 7) is 2.75. The van der Waals surface area contributed by atoms with Gasteiger partial charge >= 0.3 is 0 Å². The monoisotopic (exact) mass is 248 g/mol. The molecule has 3 unspecified atom stereocenters. The zero-order valence-electron chi connectivity index (χ0n) is 10.7. The second-order valence-corrected chi connectivity index (χ2v) is 5.06. The second kappa shape index (κ2) is 4.82. The molecule has 0 spiro atoms. The Hall–Kier alpha value is -1.20. The molecule has 1 heterocycles. The summed E-state index contributed by atoms with van der Waals surface area (Å²) in [5, 5.41) is 3.46. The lowest BCUT2D eigenvalue weighted by Gasteiger charge is -2.42. The van der Waals surface area contributed by atoms with Gasteiger partial charge in [0, 0.05) is 23.9 Å². The molecule has 18 heavy (non-hydrogen) atoms. The molecule has 98 valence electrons. The number of nitrogens with one attached hydrogen (secondary N) is 1. The maximum absolute atomic E-state index is 6.05. The summed E-state index contributed by atoms with van der Waals surface area (Å²) in [7, 11) is 0. The molecule has 3 N–H and O–H groups in total. The zero-order chi connectivity index (χ0) is 12.5. The largest absolute Gasteiger partial charge is 0.376 e. The number of fused-ring (bicyclic) bond motifs is 1. The lowest BCUT2D eigenvalue weighted by molar-refractivity contribution is -0.0127. The number of anilines is 1. The fourth-order valence-corrected chi connectivity index (χ4v) is 2.87. The van der Waals surface area contributed by atoms with Gasteiger partial charge in [-0.3, -0.25) is 0 Å². The van der Waals surface area contributed by atoms with Crippen LogP contribution in [-0.2, 0) is 17.6 Å². The van der Waals surface area contributed by atoms with Gasteiger partial charge in [0.25, 0.3) is 0 Å². The standard InChI is InChI=1S/C13H20N4O/c1-2-18-11-6-9(14)12(11)17-13-8-4-3-5-10(8)15-7-16-13/h7,9,11-12H,2-6,14H2,1H3,(H,15,16,17). The minimum atomic E-state index is 0.161. The summed E-state index contributed by atoms with van der Waals surface area (Å²) in [5.74, 6) is 0.961. The van der Waals surface area contributed by atoms with Crippen LogP contribution in [0.15, 0.2) is 6.33 Å². The molecule has 0 aromatic carbocycles. The number of nitrogens with two attached hydrogens (primary N) is 1. The first-order valence-corrected chi connectivity index (χ1v) is 6.76. The fraction of sp³-hybridized carbons (Fsp3) is 0.692. The first-order chi connectivity index (χ1) is 8.79. The van der Waals surface area contributed by atoms with Crippen LogP contribution in [0.3, 0.4) is 0 Å². The first-order valence-electron chi connectivity index (χ1n) is 6.76. The van der Waals surface area contributed by atoms with Crippen molar-refractivity contribution in [2.24, 2.45) is 5.73 Å². The Bertz CT molecular complexity index is 435. The highest BCUT2D eigenvalue weighted by molar-refractivity contribution is 5.49. The van der Waals surface area contributed by atoms with E-state index >= 15 is 0 Å². The maximum atomic E-state index is 6.05. The Labute approximate surface area is 107 Å². The van der Waals surface area contributed by atoms with Gasteiger partial charge in [0.2, 0.25) is 0 Å². The van der Waals surface area contributed by atoms with E-state index in [4.69, 9.17) is 10.5 Å². The van der Waals surface area contributed by atoms with Crippen molar-refractivity contribution in [2.75, 3.05) is 11.9 Å². The third kappa shape index (κ3) is 1.97. The Morgan fingerprint density at radius 3 is 3.11 bits per heavy atom. The molecule has 0 aliphatic heterocycles. The van der Waals surface area contributed by atoms with Crippen LogP contribution in [-0.4, -0.2) is 34.8 Å². The highest BCUT2D eigenvalue weighted by atomic mass is 16.5. The third-order valence-corrected chi connectivity index (χ3v) is 3.93. The van der Waals surface area contributed by atoms with Crippen molar-refractivity contribution < 1.29 is 4.74 Å². The smallest absolute Gasteiger partial charge is 0.133 e. The molecule has 1 saturated carbocycles. The van der Waals surface area contributed by atoms with Crippen LogP contribution in [0.5, 0.6) is 0 Å². The predicted molar refractivity (Wildman–Crippen MR) is 69.5 cm³/mol.